The molecule has 0 bridgehead atoms. The van der Waals surface area contributed by atoms with E-state index in [1.54, 1.807) is 0 Å². The van der Waals surface area contributed by atoms with Crippen molar-refractivity contribution in [3.05, 3.63) is 64.7 Å². The minimum Gasteiger partial charge on any atom is -0.388 e. The topological polar surface area (TPSA) is 49.3 Å². The van der Waals surface area contributed by atoms with Gasteiger partial charge in [-0.25, -0.2) is 8.78 Å². The highest BCUT2D eigenvalue weighted by molar-refractivity contribution is 6.30. The minimum atomic E-state index is -1.14. The lowest BCUT2D eigenvalue weighted by Crippen LogP contribution is -2.15. The third kappa shape index (κ3) is 4.24. The summed E-state index contributed by atoms with van der Waals surface area (Å²) in [7, 11) is 0. The van der Waals surface area contributed by atoms with E-state index in [0.717, 1.165) is 12.1 Å². The Bertz CT molecular complexity index is 664. The predicted molar refractivity (Wildman–Crippen MR) is 76.0 cm³/mol. The van der Waals surface area contributed by atoms with Gasteiger partial charge in [0.15, 0.2) is 0 Å². The molecule has 0 aliphatic rings. The zero-order valence-corrected chi connectivity index (χ0v) is 11.6. The highest BCUT2D eigenvalue weighted by Gasteiger charge is 2.14. The van der Waals surface area contributed by atoms with Gasteiger partial charge >= 0.3 is 0 Å². The van der Waals surface area contributed by atoms with Crippen LogP contribution >= 0.6 is 11.6 Å². The summed E-state index contributed by atoms with van der Waals surface area (Å²) in [4.78, 5) is 11.8. The molecule has 0 aliphatic heterocycles. The van der Waals surface area contributed by atoms with Crippen molar-refractivity contribution in [3.63, 3.8) is 0 Å². The summed E-state index contributed by atoms with van der Waals surface area (Å²) in [6, 6.07) is 9.19. The SMILES string of the molecule is O=C(CC(O)c1cccc(F)c1)Nc1ccc(Cl)c(F)c1. The first-order chi connectivity index (χ1) is 9.95. The number of rotatable bonds is 4. The smallest absolute Gasteiger partial charge is 0.227 e. The summed E-state index contributed by atoms with van der Waals surface area (Å²) < 4.78 is 26.3. The van der Waals surface area contributed by atoms with E-state index in [9.17, 15) is 18.7 Å². The van der Waals surface area contributed by atoms with Gasteiger partial charge in [0.05, 0.1) is 17.5 Å². The van der Waals surface area contributed by atoms with Crippen LogP contribution in [0.25, 0.3) is 0 Å². The molecule has 0 heterocycles. The van der Waals surface area contributed by atoms with Crippen LogP contribution in [0.5, 0.6) is 0 Å². The van der Waals surface area contributed by atoms with Crippen LogP contribution in [-0.2, 0) is 4.79 Å². The van der Waals surface area contributed by atoms with Crippen LogP contribution in [0, 0.1) is 11.6 Å². The first kappa shape index (κ1) is 15.4. The lowest BCUT2D eigenvalue weighted by molar-refractivity contribution is -0.118. The molecule has 0 saturated heterocycles. The van der Waals surface area contributed by atoms with E-state index in [4.69, 9.17) is 11.6 Å². The number of carbonyl (C=O) groups excluding carboxylic acids is 1. The molecule has 0 fully saturated rings. The lowest BCUT2D eigenvalue weighted by atomic mass is 10.1. The summed E-state index contributed by atoms with van der Waals surface area (Å²) >= 11 is 5.53. The van der Waals surface area contributed by atoms with Crippen molar-refractivity contribution in [2.75, 3.05) is 5.32 Å². The van der Waals surface area contributed by atoms with Crippen LogP contribution in [0.15, 0.2) is 42.5 Å². The van der Waals surface area contributed by atoms with Crippen molar-refractivity contribution in [2.45, 2.75) is 12.5 Å². The van der Waals surface area contributed by atoms with Crippen molar-refractivity contribution >= 4 is 23.2 Å². The molecule has 21 heavy (non-hydrogen) atoms. The second-order valence-electron chi connectivity index (χ2n) is 4.45. The number of aliphatic hydroxyl groups is 1. The predicted octanol–water partition coefficient (Wildman–Crippen LogP) is 3.68. The number of nitrogens with one attached hydrogen (secondary N) is 1. The highest BCUT2D eigenvalue weighted by atomic mass is 35.5. The molecule has 0 radical (unpaired) electrons. The van der Waals surface area contributed by atoms with E-state index in [0.29, 0.717) is 5.56 Å². The fourth-order valence-electron chi connectivity index (χ4n) is 1.79. The summed E-state index contributed by atoms with van der Waals surface area (Å²) in [6.07, 6.45) is -1.41. The van der Waals surface area contributed by atoms with Gasteiger partial charge in [-0.15, -0.1) is 0 Å². The minimum absolute atomic E-state index is 0.0483. The van der Waals surface area contributed by atoms with Crippen molar-refractivity contribution < 1.29 is 18.7 Å². The third-order valence-electron chi connectivity index (χ3n) is 2.82. The normalized spacial score (nSPS) is 12.0. The van der Waals surface area contributed by atoms with Crippen LogP contribution in [-0.4, -0.2) is 11.0 Å². The van der Waals surface area contributed by atoms with Gasteiger partial charge in [0.25, 0.3) is 0 Å². The number of carbonyl (C=O) groups is 1. The number of aliphatic hydroxyl groups excluding tert-OH is 1. The average molecular weight is 312 g/mol. The Morgan fingerprint density at radius 3 is 2.67 bits per heavy atom. The molecule has 2 N–H and O–H groups in total. The third-order valence-corrected chi connectivity index (χ3v) is 3.12. The van der Waals surface area contributed by atoms with Crippen LogP contribution in [0.3, 0.4) is 0 Å². The number of halogens is 3. The highest BCUT2D eigenvalue weighted by Crippen LogP contribution is 2.21. The van der Waals surface area contributed by atoms with Gasteiger partial charge in [-0.3, -0.25) is 4.79 Å². The summed E-state index contributed by atoms with van der Waals surface area (Å²) in [6.45, 7) is 0. The van der Waals surface area contributed by atoms with Crippen molar-refractivity contribution in [1.29, 1.82) is 0 Å². The number of benzene rings is 2. The number of hydrogen-bond donors (Lipinski definition) is 2. The maximum Gasteiger partial charge on any atom is 0.227 e. The van der Waals surface area contributed by atoms with Crippen LogP contribution in [0.4, 0.5) is 14.5 Å². The van der Waals surface area contributed by atoms with Crippen LogP contribution in [0.1, 0.15) is 18.1 Å². The van der Waals surface area contributed by atoms with Crippen molar-refractivity contribution in [1.82, 2.24) is 0 Å². The molecule has 110 valence electrons. The van der Waals surface area contributed by atoms with Gasteiger partial charge < -0.3 is 10.4 Å². The Hall–Kier alpha value is -1.98. The Labute approximate surface area is 125 Å². The standard InChI is InChI=1S/C15H12ClF2NO2/c16-12-5-4-11(7-13(12)18)19-15(21)8-14(20)9-2-1-3-10(17)6-9/h1-7,14,20H,8H2,(H,19,21). The first-order valence-corrected chi connectivity index (χ1v) is 6.52. The van der Waals surface area contributed by atoms with E-state index in [2.05, 4.69) is 5.32 Å². The number of hydrogen-bond acceptors (Lipinski definition) is 2. The molecule has 6 heteroatoms. The molecule has 2 aromatic carbocycles. The molecule has 3 nitrogen and oxygen atoms in total. The van der Waals surface area contributed by atoms with E-state index in [-0.39, 0.29) is 17.1 Å². The molecule has 0 aliphatic carbocycles. The first-order valence-electron chi connectivity index (χ1n) is 6.14. The zero-order chi connectivity index (χ0) is 15.4. The monoisotopic (exact) mass is 311 g/mol. The van der Waals surface area contributed by atoms with Crippen LogP contribution < -0.4 is 5.32 Å². The fourth-order valence-corrected chi connectivity index (χ4v) is 1.91. The largest absolute Gasteiger partial charge is 0.388 e. The van der Waals surface area contributed by atoms with Gasteiger partial charge in [0, 0.05) is 5.69 Å². The summed E-state index contributed by atoms with van der Waals surface area (Å²) in [5, 5.41) is 12.3. The van der Waals surface area contributed by atoms with Gasteiger partial charge in [-0.2, -0.15) is 0 Å². The molecule has 1 amide bonds. The lowest BCUT2D eigenvalue weighted by Gasteiger charge is -2.11. The van der Waals surface area contributed by atoms with E-state index >= 15 is 0 Å². The van der Waals surface area contributed by atoms with Crippen LogP contribution in [0.2, 0.25) is 5.02 Å². The summed E-state index contributed by atoms with van der Waals surface area (Å²) in [5.74, 6) is -1.67. The Morgan fingerprint density at radius 1 is 1.24 bits per heavy atom. The molecule has 0 saturated carbocycles. The van der Waals surface area contributed by atoms with Crippen molar-refractivity contribution in [3.8, 4) is 0 Å². The molecule has 0 aromatic heterocycles. The zero-order valence-electron chi connectivity index (χ0n) is 10.8. The quantitative estimate of drug-likeness (QED) is 0.905. The molecular weight excluding hydrogens is 300 g/mol. The second-order valence-corrected chi connectivity index (χ2v) is 4.86. The maximum absolute atomic E-state index is 13.2. The van der Waals surface area contributed by atoms with Gasteiger partial charge in [0.2, 0.25) is 5.91 Å². The molecule has 2 rings (SSSR count). The van der Waals surface area contributed by atoms with Gasteiger partial charge in [-0.05, 0) is 35.9 Å². The number of amides is 1. The Balaban J connectivity index is 1.99. The molecular formula is C15H12ClF2NO2. The summed E-state index contributed by atoms with van der Waals surface area (Å²) in [5.41, 5.74) is 0.528. The maximum atomic E-state index is 13.2. The Morgan fingerprint density at radius 2 is 2.00 bits per heavy atom. The second kappa shape index (κ2) is 6.65. The van der Waals surface area contributed by atoms with Gasteiger partial charge in [0.1, 0.15) is 11.6 Å². The molecule has 0 spiro atoms. The van der Waals surface area contributed by atoms with E-state index in [1.165, 1.54) is 30.3 Å². The average Bonchev–Trinajstić information content (AvgIpc) is 2.43. The van der Waals surface area contributed by atoms with Gasteiger partial charge in [-0.1, -0.05) is 23.7 Å². The fraction of sp³-hybridized carbons (Fsp3) is 0.133. The van der Waals surface area contributed by atoms with Crippen molar-refractivity contribution in [2.24, 2.45) is 0 Å². The molecule has 2 aromatic rings. The Kier molecular flexibility index (Phi) is 4.88. The molecule has 1 unspecified atom stereocenters. The van der Waals surface area contributed by atoms with E-state index in [1.807, 2.05) is 0 Å². The molecule has 1 atom stereocenters. The van der Waals surface area contributed by atoms with E-state index < -0.39 is 23.6 Å². The number of anilines is 1.